The Morgan fingerprint density at radius 1 is 0.549 bits per heavy atom. The van der Waals surface area contributed by atoms with E-state index < -0.39 is 11.1 Å². The van der Waals surface area contributed by atoms with Crippen LogP contribution in [0.1, 0.15) is 33.4 Å². The number of imidazole rings is 2. The Morgan fingerprint density at radius 3 is 2.02 bits per heavy atom. The van der Waals surface area contributed by atoms with Gasteiger partial charge in [0, 0.05) is 11.6 Å². The van der Waals surface area contributed by atoms with Gasteiger partial charge in [-0.1, -0.05) is 97.1 Å². The van der Waals surface area contributed by atoms with E-state index >= 15 is 0 Å². The lowest BCUT2D eigenvalue weighted by Gasteiger charge is -2.43. The number of aryl methyl sites for hydroxylation is 1. The van der Waals surface area contributed by atoms with Gasteiger partial charge in [-0.3, -0.25) is 4.98 Å². The zero-order valence-electron chi connectivity index (χ0n) is 27.6. The van der Waals surface area contributed by atoms with Crippen LogP contribution in [0.4, 0.5) is 0 Å². The predicted octanol–water partition coefficient (Wildman–Crippen LogP) is 8.13. The van der Waals surface area contributed by atoms with Crippen LogP contribution in [0.3, 0.4) is 0 Å². The molecule has 0 saturated carbocycles. The molecule has 5 heteroatoms. The maximum atomic E-state index is 5.13. The maximum Gasteiger partial charge on any atom is 0.309 e. The minimum absolute atomic E-state index is 0.500. The number of hydrogen-bond donors (Lipinski definition) is 0. The van der Waals surface area contributed by atoms with Gasteiger partial charge in [-0.2, -0.15) is 13.5 Å². The summed E-state index contributed by atoms with van der Waals surface area (Å²) in [7, 11) is 2.25. The second kappa shape index (κ2) is 7.90. The topological polar surface area (TPSA) is 30.0 Å². The fraction of sp³-hybridized carbons (Fsp3) is 0.0652. The number of para-hydroxylation sites is 4. The van der Waals surface area contributed by atoms with Crippen molar-refractivity contribution in [3.05, 3.63) is 179 Å². The average molecular weight is 650 g/mol. The molecule has 1 atom stereocenters. The summed E-state index contributed by atoms with van der Waals surface area (Å²) in [5.74, 6) is 1.24. The van der Waals surface area contributed by atoms with E-state index in [2.05, 4.69) is 165 Å². The first kappa shape index (κ1) is 25.4. The zero-order chi connectivity index (χ0) is 33.0. The highest BCUT2D eigenvalue weighted by molar-refractivity contribution is 6.15. The van der Waals surface area contributed by atoms with E-state index in [1.807, 2.05) is 6.20 Å². The smallest absolute Gasteiger partial charge is 0.252 e. The number of nitrogens with zero attached hydrogens (tertiary/aromatic N) is 5. The second-order valence-electron chi connectivity index (χ2n) is 14.7. The van der Waals surface area contributed by atoms with E-state index in [1.165, 1.54) is 94.4 Å². The Bertz CT molecular complexity index is 3300. The van der Waals surface area contributed by atoms with Gasteiger partial charge in [0.25, 0.3) is 5.82 Å². The molecule has 2 aliphatic carbocycles. The fourth-order valence-electron chi connectivity index (χ4n) is 11.5. The van der Waals surface area contributed by atoms with E-state index in [-0.39, 0.29) is 0 Å². The molecule has 51 heavy (non-hydrogen) atoms. The van der Waals surface area contributed by atoms with Crippen LogP contribution in [-0.4, -0.2) is 14.0 Å². The summed E-state index contributed by atoms with van der Waals surface area (Å²) in [6.07, 6.45) is 1.95. The van der Waals surface area contributed by atoms with Gasteiger partial charge in [0.1, 0.15) is 5.52 Å². The Labute approximate surface area is 291 Å². The van der Waals surface area contributed by atoms with Crippen molar-refractivity contribution in [3.63, 3.8) is 0 Å². The molecule has 5 nitrogen and oxygen atoms in total. The van der Waals surface area contributed by atoms with Crippen LogP contribution < -0.4 is 9.13 Å². The first-order chi connectivity index (χ1) is 25.3. The summed E-state index contributed by atoms with van der Waals surface area (Å²) in [5.41, 5.74) is 19.2. The Hall–Kier alpha value is -6.59. The van der Waals surface area contributed by atoms with E-state index in [4.69, 9.17) is 4.98 Å². The monoisotopic (exact) mass is 649 g/mol. The van der Waals surface area contributed by atoms with E-state index in [1.54, 1.807) is 0 Å². The number of benzene rings is 6. The van der Waals surface area contributed by atoms with Crippen molar-refractivity contribution in [2.24, 2.45) is 7.05 Å². The minimum atomic E-state index is -0.678. The van der Waals surface area contributed by atoms with Crippen LogP contribution in [0.15, 0.2) is 146 Å². The summed E-state index contributed by atoms with van der Waals surface area (Å²) in [5, 5.41) is 2.50. The van der Waals surface area contributed by atoms with Gasteiger partial charge in [0.05, 0.1) is 34.5 Å². The van der Waals surface area contributed by atoms with Crippen LogP contribution in [-0.2, 0) is 18.1 Å². The molecule has 2 aliphatic heterocycles. The van der Waals surface area contributed by atoms with Crippen molar-refractivity contribution in [1.29, 1.82) is 0 Å². The standard InChI is InChI=1S/C46H27N5/c1-48-34-18-6-8-20-36(34)50-43(48)29-14-10-17-32-40(29)46(50)41-33(45(32)30-15-4-2-12-26(30)27-13-3-5-16-31(27)45)24-23-28-39(41)44-49(38-22-11-25-47-42(28)38)35-19-7-9-21-37(35)51(44)46/h2-25H,1H3/q+2. The summed E-state index contributed by atoms with van der Waals surface area (Å²) < 4.78 is 10.3. The van der Waals surface area contributed by atoms with E-state index in [0.717, 1.165) is 11.0 Å². The van der Waals surface area contributed by atoms with Crippen molar-refractivity contribution < 1.29 is 9.13 Å². The molecule has 2 spiro atoms. The molecule has 234 valence electrons. The van der Waals surface area contributed by atoms with Crippen LogP contribution >= 0.6 is 0 Å². The lowest BCUT2D eigenvalue weighted by molar-refractivity contribution is -0.699. The Kier molecular flexibility index (Phi) is 3.93. The molecule has 14 rings (SSSR count). The third-order valence-corrected chi connectivity index (χ3v) is 12.9. The lowest BCUT2D eigenvalue weighted by atomic mass is 9.58. The third-order valence-electron chi connectivity index (χ3n) is 12.9. The predicted molar refractivity (Wildman–Crippen MR) is 199 cm³/mol. The third kappa shape index (κ3) is 2.31. The van der Waals surface area contributed by atoms with Crippen LogP contribution in [0, 0.1) is 0 Å². The van der Waals surface area contributed by atoms with Crippen molar-refractivity contribution in [2.75, 3.05) is 0 Å². The van der Waals surface area contributed by atoms with Crippen molar-refractivity contribution in [3.8, 4) is 22.5 Å². The second-order valence-corrected chi connectivity index (χ2v) is 14.7. The Balaban J connectivity index is 1.36. The van der Waals surface area contributed by atoms with Crippen LogP contribution in [0.25, 0.3) is 72.0 Å². The molecule has 6 aromatic carbocycles. The molecule has 0 radical (unpaired) electrons. The quantitative estimate of drug-likeness (QED) is 0.121. The highest BCUT2D eigenvalue weighted by atomic mass is 15.4. The molecular formula is C46H27N5+2. The molecule has 1 unspecified atom stereocenters. The molecule has 0 N–H and O–H groups in total. The number of rotatable bonds is 0. The first-order valence-electron chi connectivity index (χ1n) is 17.8. The zero-order valence-corrected chi connectivity index (χ0v) is 27.6. The molecule has 0 saturated heterocycles. The number of fused-ring (bicyclic) bond motifs is 17. The van der Waals surface area contributed by atoms with Crippen molar-refractivity contribution in [1.82, 2.24) is 14.0 Å². The SMILES string of the molecule is C[n+]1c2n(c3ccccc31)C13c4c-2cccc4C2(c4ccccc4-c4ccccc42)c2ccc4c5ncccc5n5c6ccccc6[n+]1c5c4c23. The number of pyridine rings is 2. The molecule has 6 heterocycles. The first-order valence-corrected chi connectivity index (χ1v) is 17.8. The van der Waals surface area contributed by atoms with Gasteiger partial charge in [-0.25, -0.2) is 4.57 Å². The molecule has 0 amide bonds. The molecule has 0 bridgehead atoms. The van der Waals surface area contributed by atoms with Gasteiger partial charge in [0.15, 0.2) is 27.6 Å². The van der Waals surface area contributed by atoms with Crippen molar-refractivity contribution in [2.45, 2.75) is 11.1 Å². The molecule has 4 aromatic heterocycles. The fourth-order valence-corrected chi connectivity index (χ4v) is 11.5. The van der Waals surface area contributed by atoms with Crippen molar-refractivity contribution >= 4 is 49.5 Å². The summed E-state index contributed by atoms with van der Waals surface area (Å²) in [6.45, 7) is 0. The van der Waals surface area contributed by atoms with Gasteiger partial charge in [0.2, 0.25) is 0 Å². The van der Waals surface area contributed by atoms with Crippen LogP contribution in [0.5, 0.6) is 0 Å². The van der Waals surface area contributed by atoms with E-state index in [0.29, 0.717) is 0 Å². The molecular weight excluding hydrogens is 623 g/mol. The van der Waals surface area contributed by atoms with Gasteiger partial charge < -0.3 is 0 Å². The minimum Gasteiger partial charge on any atom is -0.252 e. The normalized spacial score (nSPS) is 17.7. The van der Waals surface area contributed by atoms with E-state index in [9.17, 15) is 0 Å². The number of aromatic nitrogens is 5. The highest BCUT2D eigenvalue weighted by Gasteiger charge is 2.71. The van der Waals surface area contributed by atoms with Gasteiger partial charge >= 0.3 is 11.3 Å². The summed E-state index contributed by atoms with van der Waals surface area (Å²) in [6, 6.07) is 52.5. The molecule has 4 aliphatic rings. The maximum absolute atomic E-state index is 5.13. The van der Waals surface area contributed by atoms with Crippen LogP contribution in [0.2, 0.25) is 0 Å². The van der Waals surface area contributed by atoms with Gasteiger partial charge in [-0.05, 0) is 75.8 Å². The summed E-state index contributed by atoms with van der Waals surface area (Å²) >= 11 is 0. The molecule has 10 aromatic rings. The Morgan fingerprint density at radius 2 is 1.20 bits per heavy atom. The van der Waals surface area contributed by atoms with Gasteiger partial charge in [-0.15, -0.1) is 0 Å². The number of hydrogen-bond acceptors (Lipinski definition) is 1. The molecule has 0 fully saturated rings. The average Bonchev–Trinajstić information content (AvgIpc) is 3.95. The summed E-state index contributed by atoms with van der Waals surface area (Å²) in [4.78, 5) is 5.13. The lowest BCUT2D eigenvalue weighted by Crippen LogP contribution is -2.61. The largest absolute Gasteiger partial charge is 0.309 e. The highest BCUT2D eigenvalue weighted by Crippen LogP contribution is 2.67.